The number of nitrogens with zero attached hydrogens (tertiary/aromatic N) is 2. The number of para-hydroxylation sites is 1. The fraction of sp³-hybridized carbons (Fsp3) is 0.167. The molecule has 3 aromatic rings. The Morgan fingerprint density at radius 2 is 1.66 bits per heavy atom. The van der Waals surface area contributed by atoms with Crippen molar-refractivity contribution in [2.75, 3.05) is 17.1 Å². The molecule has 162 valence electrons. The zero-order valence-corrected chi connectivity index (χ0v) is 18.6. The molecule has 3 aromatic carbocycles. The van der Waals surface area contributed by atoms with E-state index in [0.717, 1.165) is 9.37 Å². The number of imide groups is 1. The highest BCUT2D eigenvalue weighted by atomic mass is 79.9. The molecule has 0 aliphatic carbocycles. The van der Waals surface area contributed by atoms with Crippen LogP contribution in [0.5, 0.6) is 11.5 Å². The summed E-state index contributed by atoms with van der Waals surface area (Å²) in [6, 6.07) is 20.3. The molecular formula is C24H19BrN2O5. The molecule has 8 heteroatoms. The fourth-order valence-electron chi connectivity index (χ4n) is 4.28. The normalized spacial score (nSPS) is 22.4. The van der Waals surface area contributed by atoms with Crippen LogP contribution in [0.1, 0.15) is 11.6 Å². The van der Waals surface area contributed by atoms with E-state index in [2.05, 4.69) is 15.9 Å². The Labute approximate surface area is 192 Å². The predicted octanol–water partition coefficient (Wildman–Crippen LogP) is 4.21. The SMILES string of the molecule is COc1ccc(N2C(=O)[C@H]3[C@@H](c4cc(Br)ccc4O)N(c4ccccc4)O[C@H]3C2=O)cc1. The second-order valence-corrected chi connectivity index (χ2v) is 8.49. The van der Waals surface area contributed by atoms with Crippen LogP contribution < -0.4 is 14.7 Å². The van der Waals surface area contributed by atoms with Crippen LogP contribution in [0.4, 0.5) is 11.4 Å². The Morgan fingerprint density at radius 3 is 2.34 bits per heavy atom. The first-order valence-corrected chi connectivity index (χ1v) is 10.8. The summed E-state index contributed by atoms with van der Waals surface area (Å²) in [6.07, 6.45) is -1.01. The summed E-state index contributed by atoms with van der Waals surface area (Å²) in [5.41, 5.74) is 1.62. The molecule has 2 saturated heterocycles. The molecule has 3 atom stereocenters. The number of methoxy groups -OCH3 is 1. The second kappa shape index (κ2) is 7.96. The van der Waals surface area contributed by atoms with Crippen LogP contribution in [0, 0.1) is 5.92 Å². The highest BCUT2D eigenvalue weighted by molar-refractivity contribution is 9.10. The van der Waals surface area contributed by atoms with Crippen molar-refractivity contribution in [2.24, 2.45) is 5.92 Å². The standard InChI is InChI=1S/C24H19BrN2O5/c1-31-17-10-8-15(9-11-17)26-23(29)20-21(18-13-14(25)7-12-19(18)28)27(32-22(20)24(26)30)16-5-3-2-4-6-16/h2-13,20-22,28H,1H3/t20-,21+,22+/m0/s1. The van der Waals surface area contributed by atoms with E-state index in [-0.39, 0.29) is 11.7 Å². The van der Waals surface area contributed by atoms with Gasteiger partial charge in [0.15, 0.2) is 6.10 Å². The van der Waals surface area contributed by atoms with Crippen LogP contribution in [0.15, 0.2) is 77.3 Å². The van der Waals surface area contributed by atoms with Crippen LogP contribution in [0.2, 0.25) is 0 Å². The number of halogens is 1. The van der Waals surface area contributed by atoms with Gasteiger partial charge in [0.25, 0.3) is 5.91 Å². The van der Waals surface area contributed by atoms with Crippen molar-refractivity contribution in [3.05, 3.63) is 82.8 Å². The molecule has 1 N–H and O–H groups in total. The van der Waals surface area contributed by atoms with Crippen LogP contribution in [0.25, 0.3) is 0 Å². The molecule has 0 spiro atoms. The summed E-state index contributed by atoms with van der Waals surface area (Å²) >= 11 is 3.44. The quantitative estimate of drug-likeness (QED) is 0.547. The first kappa shape index (κ1) is 20.5. The number of hydroxylamine groups is 1. The number of carbonyl (C=O) groups is 2. The minimum Gasteiger partial charge on any atom is -0.508 e. The van der Waals surface area contributed by atoms with E-state index in [9.17, 15) is 14.7 Å². The van der Waals surface area contributed by atoms with E-state index in [4.69, 9.17) is 9.57 Å². The Kier molecular flexibility index (Phi) is 5.11. The average molecular weight is 495 g/mol. The molecule has 0 radical (unpaired) electrons. The highest BCUT2D eigenvalue weighted by Crippen LogP contribution is 2.49. The number of hydrogen-bond donors (Lipinski definition) is 1. The van der Waals surface area contributed by atoms with Crippen LogP contribution in [-0.2, 0) is 14.4 Å². The van der Waals surface area contributed by atoms with E-state index in [0.29, 0.717) is 22.7 Å². The Hall–Kier alpha value is -3.36. The lowest BCUT2D eigenvalue weighted by molar-refractivity contribution is -0.126. The van der Waals surface area contributed by atoms with Crippen molar-refractivity contribution in [1.82, 2.24) is 0 Å². The van der Waals surface area contributed by atoms with Crippen LogP contribution in [-0.4, -0.2) is 30.1 Å². The predicted molar refractivity (Wildman–Crippen MR) is 121 cm³/mol. The van der Waals surface area contributed by atoms with Gasteiger partial charge in [0, 0.05) is 10.0 Å². The fourth-order valence-corrected chi connectivity index (χ4v) is 4.66. The monoisotopic (exact) mass is 494 g/mol. The number of anilines is 2. The summed E-state index contributed by atoms with van der Waals surface area (Å²) in [5.74, 6) is -1.01. The topological polar surface area (TPSA) is 79.3 Å². The van der Waals surface area contributed by atoms with E-state index in [1.165, 1.54) is 0 Å². The minimum absolute atomic E-state index is 0.0199. The molecule has 2 aliphatic rings. The number of ether oxygens (including phenoxy) is 1. The molecule has 32 heavy (non-hydrogen) atoms. The van der Waals surface area contributed by atoms with Crippen molar-refractivity contribution < 1.29 is 24.3 Å². The smallest absolute Gasteiger partial charge is 0.266 e. The molecule has 2 amide bonds. The number of fused-ring (bicyclic) bond motifs is 1. The van der Waals surface area contributed by atoms with E-state index >= 15 is 0 Å². The van der Waals surface area contributed by atoms with Crippen LogP contribution in [0.3, 0.4) is 0 Å². The van der Waals surface area contributed by atoms with Gasteiger partial charge in [-0.15, -0.1) is 0 Å². The molecule has 0 bridgehead atoms. The summed E-state index contributed by atoms with van der Waals surface area (Å²) in [6.45, 7) is 0. The van der Waals surface area contributed by atoms with Gasteiger partial charge in [-0.25, -0.2) is 9.96 Å². The van der Waals surface area contributed by atoms with Gasteiger partial charge in [-0.3, -0.25) is 14.4 Å². The van der Waals surface area contributed by atoms with Gasteiger partial charge in [-0.05, 0) is 54.6 Å². The Morgan fingerprint density at radius 1 is 0.938 bits per heavy atom. The lowest BCUT2D eigenvalue weighted by Gasteiger charge is -2.29. The van der Waals surface area contributed by atoms with Gasteiger partial charge in [0.2, 0.25) is 5.91 Å². The van der Waals surface area contributed by atoms with Gasteiger partial charge >= 0.3 is 0 Å². The third-order valence-electron chi connectivity index (χ3n) is 5.76. The molecule has 2 aliphatic heterocycles. The third kappa shape index (κ3) is 3.23. The van der Waals surface area contributed by atoms with Crippen molar-refractivity contribution in [1.29, 1.82) is 0 Å². The number of hydrogen-bond acceptors (Lipinski definition) is 6. The summed E-state index contributed by atoms with van der Waals surface area (Å²) in [5, 5.41) is 12.2. The number of phenols is 1. The maximum absolute atomic E-state index is 13.6. The minimum atomic E-state index is -1.01. The maximum Gasteiger partial charge on any atom is 0.266 e. The summed E-state index contributed by atoms with van der Waals surface area (Å²) in [7, 11) is 1.55. The number of rotatable bonds is 4. The highest BCUT2D eigenvalue weighted by Gasteiger charge is 2.60. The van der Waals surface area contributed by atoms with Gasteiger partial charge in [-0.2, -0.15) is 0 Å². The lowest BCUT2D eigenvalue weighted by atomic mass is 9.90. The molecule has 0 aromatic heterocycles. The lowest BCUT2D eigenvalue weighted by Crippen LogP contribution is -2.37. The van der Waals surface area contributed by atoms with Gasteiger partial charge < -0.3 is 9.84 Å². The number of phenolic OH excluding ortho intramolecular Hbond substituents is 1. The molecule has 0 saturated carbocycles. The van der Waals surface area contributed by atoms with Gasteiger partial charge in [0.05, 0.1) is 24.5 Å². The number of benzene rings is 3. The van der Waals surface area contributed by atoms with Crippen molar-refractivity contribution >= 4 is 39.1 Å². The zero-order valence-electron chi connectivity index (χ0n) is 17.0. The number of aromatic hydroxyl groups is 1. The molecule has 5 rings (SSSR count). The van der Waals surface area contributed by atoms with E-state index in [1.54, 1.807) is 54.6 Å². The van der Waals surface area contributed by atoms with E-state index in [1.807, 2.05) is 30.3 Å². The Bertz CT molecular complexity index is 1180. The van der Waals surface area contributed by atoms with Gasteiger partial charge in [-0.1, -0.05) is 34.1 Å². The summed E-state index contributed by atoms with van der Waals surface area (Å²) in [4.78, 5) is 34.1. The molecule has 7 nitrogen and oxygen atoms in total. The van der Waals surface area contributed by atoms with Crippen LogP contribution >= 0.6 is 15.9 Å². The van der Waals surface area contributed by atoms with Crippen molar-refractivity contribution in [2.45, 2.75) is 12.1 Å². The molecule has 2 heterocycles. The number of amides is 2. The van der Waals surface area contributed by atoms with Gasteiger partial charge in [0.1, 0.15) is 17.4 Å². The molecule has 2 fully saturated rings. The average Bonchev–Trinajstić information content (AvgIpc) is 3.32. The Balaban J connectivity index is 1.59. The molecule has 0 unspecified atom stereocenters. The first-order chi connectivity index (χ1) is 15.5. The maximum atomic E-state index is 13.6. The largest absolute Gasteiger partial charge is 0.508 e. The van der Waals surface area contributed by atoms with E-state index < -0.39 is 24.0 Å². The summed E-state index contributed by atoms with van der Waals surface area (Å²) < 4.78 is 5.91. The second-order valence-electron chi connectivity index (χ2n) is 7.57. The molecular weight excluding hydrogens is 476 g/mol. The number of carbonyl (C=O) groups excluding carboxylic acids is 2. The van der Waals surface area contributed by atoms with Crippen molar-refractivity contribution in [3.63, 3.8) is 0 Å². The third-order valence-corrected chi connectivity index (χ3v) is 6.26. The first-order valence-electron chi connectivity index (χ1n) is 10.0. The van der Waals surface area contributed by atoms with Crippen molar-refractivity contribution in [3.8, 4) is 11.5 Å². The zero-order chi connectivity index (χ0) is 22.4.